The lowest BCUT2D eigenvalue weighted by Gasteiger charge is -2.40. The maximum atomic E-state index is 6.01. The minimum atomic E-state index is 0.453. The highest BCUT2D eigenvalue weighted by Crippen LogP contribution is 2.24. The zero-order valence-corrected chi connectivity index (χ0v) is 12.1. The van der Waals surface area contributed by atoms with Gasteiger partial charge in [0, 0.05) is 25.2 Å². The van der Waals surface area contributed by atoms with E-state index in [0.717, 1.165) is 32.7 Å². The average molecular weight is 262 g/mol. The van der Waals surface area contributed by atoms with Gasteiger partial charge in [-0.25, -0.2) is 0 Å². The summed E-state index contributed by atoms with van der Waals surface area (Å²) in [6.07, 6.45) is 1.12. The molecule has 106 valence electrons. The van der Waals surface area contributed by atoms with Crippen LogP contribution in [0.15, 0.2) is 30.3 Å². The number of rotatable bonds is 5. The fourth-order valence-corrected chi connectivity index (χ4v) is 2.98. The van der Waals surface area contributed by atoms with Gasteiger partial charge >= 0.3 is 0 Å². The van der Waals surface area contributed by atoms with E-state index in [0.29, 0.717) is 18.0 Å². The lowest BCUT2D eigenvalue weighted by molar-refractivity contribution is -0.0227. The van der Waals surface area contributed by atoms with Crippen LogP contribution in [0.3, 0.4) is 0 Å². The van der Waals surface area contributed by atoms with E-state index in [1.165, 1.54) is 5.56 Å². The van der Waals surface area contributed by atoms with Crippen LogP contribution in [0, 0.1) is 0 Å². The predicted molar refractivity (Wildman–Crippen MR) is 79.3 cm³/mol. The highest BCUT2D eigenvalue weighted by molar-refractivity contribution is 5.19. The molecule has 0 amide bonds. The number of benzene rings is 1. The van der Waals surface area contributed by atoms with Crippen LogP contribution in [0.4, 0.5) is 0 Å². The number of nitrogens with two attached hydrogens (primary N) is 1. The molecule has 0 spiro atoms. The molecule has 1 heterocycles. The Morgan fingerprint density at radius 2 is 2.11 bits per heavy atom. The molecule has 0 radical (unpaired) electrons. The van der Waals surface area contributed by atoms with Gasteiger partial charge in [-0.05, 0) is 24.8 Å². The molecule has 0 aliphatic carbocycles. The molecule has 1 fully saturated rings. The van der Waals surface area contributed by atoms with Crippen LogP contribution in [0.1, 0.15) is 31.7 Å². The first-order valence-corrected chi connectivity index (χ1v) is 7.31. The number of nitrogens with zero attached hydrogens (tertiary/aromatic N) is 1. The van der Waals surface area contributed by atoms with E-state index in [1.54, 1.807) is 0 Å². The van der Waals surface area contributed by atoms with Crippen molar-refractivity contribution in [3.63, 3.8) is 0 Å². The molecule has 3 heteroatoms. The van der Waals surface area contributed by atoms with E-state index in [2.05, 4.69) is 49.1 Å². The van der Waals surface area contributed by atoms with Gasteiger partial charge in [0.1, 0.15) is 0 Å². The first-order chi connectivity index (χ1) is 9.22. The zero-order valence-electron chi connectivity index (χ0n) is 12.1. The Balaban J connectivity index is 1.98. The highest BCUT2D eigenvalue weighted by atomic mass is 16.5. The smallest absolute Gasteiger partial charge is 0.0619 e. The Kier molecular flexibility index (Phi) is 5.37. The van der Waals surface area contributed by atoms with Crippen molar-refractivity contribution < 1.29 is 4.74 Å². The van der Waals surface area contributed by atoms with Crippen LogP contribution >= 0.6 is 0 Å². The molecule has 3 nitrogen and oxygen atoms in total. The van der Waals surface area contributed by atoms with E-state index in [-0.39, 0.29) is 0 Å². The Bertz CT molecular complexity index is 368. The standard InChI is InChI=1S/C16H26N2O/c1-13(15-6-4-3-5-7-15)10-16(11-17)18-8-9-19-12-14(18)2/h3-7,13-14,16H,8-12,17H2,1-2H3. The lowest BCUT2D eigenvalue weighted by Crippen LogP contribution is -2.52. The third kappa shape index (κ3) is 3.78. The molecule has 1 aromatic rings. The minimum Gasteiger partial charge on any atom is -0.379 e. The molecular formula is C16H26N2O. The molecule has 0 bridgehead atoms. The molecule has 1 saturated heterocycles. The maximum absolute atomic E-state index is 6.01. The molecule has 3 unspecified atom stereocenters. The third-order valence-electron chi connectivity index (χ3n) is 4.15. The van der Waals surface area contributed by atoms with Gasteiger partial charge in [-0.3, -0.25) is 4.90 Å². The van der Waals surface area contributed by atoms with E-state index in [1.807, 2.05) is 0 Å². The second kappa shape index (κ2) is 7.04. The Hall–Kier alpha value is -0.900. The summed E-state index contributed by atoms with van der Waals surface area (Å²) in [5.74, 6) is 0.546. The molecule has 2 N–H and O–H groups in total. The molecule has 1 aliphatic rings. The number of hydrogen-bond donors (Lipinski definition) is 1. The highest BCUT2D eigenvalue weighted by Gasteiger charge is 2.27. The van der Waals surface area contributed by atoms with Gasteiger partial charge in [-0.15, -0.1) is 0 Å². The molecule has 0 saturated carbocycles. The second-order valence-electron chi connectivity index (χ2n) is 5.60. The molecule has 1 aliphatic heterocycles. The van der Waals surface area contributed by atoms with Gasteiger partial charge < -0.3 is 10.5 Å². The molecular weight excluding hydrogens is 236 g/mol. The van der Waals surface area contributed by atoms with E-state index in [4.69, 9.17) is 10.5 Å². The fraction of sp³-hybridized carbons (Fsp3) is 0.625. The predicted octanol–water partition coefficient (Wildman–Crippen LogP) is 2.23. The van der Waals surface area contributed by atoms with Gasteiger partial charge in [0.25, 0.3) is 0 Å². The van der Waals surface area contributed by atoms with E-state index < -0.39 is 0 Å². The van der Waals surface area contributed by atoms with Crippen molar-refractivity contribution in [1.82, 2.24) is 4.90 Å². The van der Waals surface area contributed by atoms with Crippen molar-refractivity contribution >= 4 is 0 Å². The summed E-state index contributed by atoms with van der Waals surface area (Å²) in [5.41, 5.74) is 7.41. The Labute approximate surface area is 116 Å². The first kappa shape index (κ1) is 14.5. The normalized spacial score (nSPS) is 24.1. The van der Waals surface area contributed by atoms with Crippen molar-refractivity contribution in [3.8, 4) is 0 Å². The van der Waals surface area contributed by atoms with E-state index in [9.17, 15) is 0 Å². The Morgan fingerprint density at radius 1 is 1.37 bits per heavy atom. The van der Waals surface area contributed by atoms with Gasteiger partial charge in [-0.2, -0.15) is 0 Å². The summed E-state index contributed by atoms with van der Waals surface area (Å²) >= 11 is 0. The number of morpholine rings is 1. The molecule has 1 aromatic carbocycles. The maximum Gasteiger partial charge on any atom is 0.0619 e. The van der Waals surface area contributed by atoms with Gasteiger partial charge in [0.15, 0.2) is 0 Å². The summed E-state index contributed by atoms with van der Waals surface area (Å²) in [6.45, 7) is 7.92. The van der Waals surface area contributed by atoms with Crippen LogP contribution in [0.2, 0.25) is 0 Å². The van der Waals surface area contributed by atoms with Crippen LogP contribution in [-0.4, -0.2) is 43.3 Å². The lowest BCUT2D eigenvalue weighted by atomic mass is 9.92. The van der Waals surface area contributed by atoms with Crippen molar-refractivity contribution in [1.29, 1.82) is 0 Å². The monoisotopic (exact) mass is 262 g/mol. The van der Waals surface area contributed by atoms with Gasteiger partial charge in [-0.1, -0.05) is 37.3 Å². The van der Waals surface area contributed by atoms with E-state index >= 15 is 0 Å². The largest absolute Gasteiger partial charge is 0.379 e. The summed E-state index contributed by atoms with van der Waals surface area (Å²) in [5, 5.41) is 0. The summed E-state index contributed by atoms with van der Waals surface area (Å²) in [6, 6.07) is 11.6. The zero-order chi connectivity index (χ0) is 13.7. The van der Waals surface area contributed by atoms with Crippen LogP contribution in [-0.2, 0) is 4.74 Å². The van der Waals surface area contributed by atoms with Crippen molar-refractivity contribution in [2.75, 3.05) is 26.3 Å². The third-order valence-corrected chi connectivity index (χ3v) is 4.15. The van der Waals surface area contributed by atoms with Crippen LogP contribution in [0.5, 0.6) is 0 Å². The SMILES string of the molecule is CC(CC(CN)N1CCOCC1C)c1ccccc1. The van der Waals surface area contributed by atoms with Gasteiger partial charge in [0.2, 0.25) is 0 Å². The fourth-order valence-electron chi connectivity index (χ4n) is 2.98. The summed E-state index contributed by atoms with van der Waals surface area (Å²) in [7, 11) is 0. The number of ether oxygens (including phenoxy) is 1. The topological polar surface area (TPSA) is 38.5 Å². The molecule has 2 rings (SSSR count). The van der Waals surface area contributed by atoms with Crippen LogP contribution < -0.4 is 5.73 Å². The van der Waals surface area contributed by atoms with Crippen molar-refractivity contribution in [2.24, 2.45) is 5.73 Å². The minimum absolute atomic E-state index is 0.453. The summed E-state index contributed by atoms with van der Waals surface area (Å²) in [4.78, 5) is 2.52. The second-order valence-corrected chi connectivity index (χ2v) is 5.60. The molecule has 0 aromatic heterocycles. The first-order valence-electron chi connectivity index (χ1n) is 7.31. The quantitative estimate of drug-likeness (QED) is 0.884. The average Bonchev–Trinajstić information content (AvgIpc) is 2.46. The van der Waals surface area contributed by atoms with Gasteiger partial charge in [0.05, 0.1) is 13.2 Å². The van der Waals surface area contributed by atoms with Crippen molar-refractivity contribution in [3.05, 3.63) is 35.9 Å². The molecule has 19 heavy (non-hydrogen) atoms. The molecule has 3 atom stereocenters. The van der Waals surface area contributed by atoms with Crippen molar-refractivity contribution in [2.45, 2.75) is 38.3 Å². The summed E-state index contributed by atoms with van der Waals surface area (Å²) < 4.78 is 5.51. The van der Waals surface area contributed by atoms with Crippen LogP contribution in [0.25, 0.3) is 0 Å². The Morgan fingerprint density at radius 3 is 2.74 bits per heavy atom. The number of hydrogen-bond acceptors (Lipinski definition) is 3.